The van der Waals surface area contributed by atoms with Crippen LogP contribution in [0.5, 0.6) is 0 Å². The molecule has 0 saturated heterocycles. The molecule has 0 bridgehead atoms. The molecular weight excluding hydrogens is 310 g/mol. The molecule has 0 fully saturated rings. The van der Waals surface area contributed by atoms with Crippen LogP contribution in [0.25, 0.3) is 0 Å². The highest BCUT2D eigenvalue weighted by Gasteiger charge is 2.12. The number of halogens is 1. The third kappa shape index (κ3) is 4.09. The van der Waals surface area contributed by atoms with Crippen molar-refractivity contribution < 1.29 is 9.59 Å². The van der Waals surface area contributed by atoms with E-state index < -0.39 is 0 Å². The zero-order chi connectivity index (χ0) is 15.4. The Balaban J connectivity index is 2.17. The lowest BCUT2D eigenvalue weighted by atomic mass is 10.1. The van der Waals surface area contributed by atoms with E-state index in [0.29, 0.717) is 16.4 Å². The molecule has 0 aliphatic heterocycles. The van der Waals surface area contributed by atoms with Gasteiger partial charge in [0.25, 0.3) is 5.91 Å². The van der Waals surface area contributed by atoms with Crippen molar-refractivity contribution in [1.82, 2.24) is 9.97 Å². The smallest absolute Gasteiger partial charge is 0.257 e. The van der Waals surface area contributed by atoms with Crippen LogP contribution in [0, 0.1) is 0 Å². The highest BCUT2D eigenvalue weighted by atomic mass is 35.5. The van der Waals surface area contributed by atoms with Gasteiger partial charge in [0.05, 0.1) is 0 Å². The van der Waals surface area contributed by atoms with E-state index in [1.807, 2.05) is 6.92 Å². The summed E-state index contributed by atoms with van der Waals surface area (Å²) in [4.78, 5) is 31.6. The van der Waals surface area contributed by atoms with Crippen LogP contribution in [0.15, 0.2) is 17.5 Å². The minimum atomic E-state index is -0.318. The first-order valence-corrected chi connectivity index (χ1v) is 7.69. The summed E-state index contributed by atoms with van der Waals surface area (Å²) in [5, 5.41) is 4.94. The van der Waals surface area contributed by atoms with Crippen LogP contribution in [0.3, 0.4) is 0 Å². The summed E-state index contributed by atoms with van der Waals surface area (Å²) in [6.45, 7) is 3.46. The van der Waals surface area contributed by atoms with E-state index in [0.717, 1.165) is 18.5 Å². The number of amides is 1. The first-order valence-electron chi connectivity index (χ1n) is 6.44. The maximum Gasteiger partial charge on any atom is 0.257 e. The Morgan fingerprint density at radius 2 is 2.10 bits per heavy atom. The standard InChI is InChI=1S/C14H14ClN3O2S/c1-3-4-10-5-9(6-12(15)16-10)13(20)18-14-17-11(7-21-14)8(2)19/h5-7H,3-4H2,1-2H3,(H,17,18,20). The molecule has 2 rings (SSSR count). The van der Waals surface area contributed by atoms with Gasteiger partial charge in [-0.3, -0.25) is 14.9 Å². The van der Waals surface area contributed by atoms with E-state index in [1.165, 1.54) is 24.3 Å². The largest absolute Gasteiger partial charge is 0.298 e. The van der Waals surface area contributed by atoms with Crippen molar-refractivity contribution in [3.63, 3.8) is 0 Å². The number of hydrogen-bond donors (Lipinski definition) is 1. The Morgan fingerprint density at radius 3 is 2.71 bits per heavy atom. The molecule has 0 saturated carbocycles. The number of hydrogen-bond acceptors (Lipinski definition) is 5. The predicted molar refractivity (Wildman–Crippen MR) is 83.3 cm³/mol. The molecule has 2 aromatic heterocycles. The van der Waals surface area contributed by atoms with Gasteiger partial charge in [-0.15, -0.1) is 11.3 Å². The summed E-state index contributed by atoms with van der Waals surface area (Å²) in [6, 6.07) is 3.22. The Kier molecular flexibility index (Phi) is 5.03. The fourth-order valence-corrected chi connectivity index (χ4v) is 2.70. The van der Waals surface area contributed by atoms with Crippen LogP contribution in [0.4, 0.5) is 5.13 Å². The van der Waals surface area contributed by atoms with Crippen LogP contribution >= 0.6 is 22.9 Å². The predicted octanol–water partition coefficient (Wildman–Crippen LogP) is 3.60. The van der Waals surface area contributed by atoms with Crippen molar-refractivity contribution in [2.75, 3.05) is 5.32 Å². The maximum absolute atomic E-state index is 12.2. The second-order valence-corrected chi connectivity index (χ2v) is 5.71. The SMILES string of the molecule is CCCc1cc(C(=O)Nc2nc(C(C)=O)cs2)cc(Cl)n1. The number of carbonyl (C=O) groups is 2. The molecule has 5 nitrogen and oxygen atoms in total. The van der Waals surface area contributed by atoms with Gasteiger partial charge in [-0.05, 0) is 18.6 Å². The first-order chi connectivity index (χ1) is 9.99. The number of nitrogens with one attached hydrogen (secondary N) is 1. The lowest BCUT2D eigenvalue weighted by molar-refractivity contribution is 0.100. The number of nitrogens with zero attached hydrogens (tertiary/aromatic N) is 2. The number of aryl methyl sites for hydroxylation is 1. The summed E-state index contributed by atoms with van der Waals surface area (Å²) in [6.07, 6.45) is 1.68. The Hall–Kier alpha value is -1.79. The van der Waals surface area contributed by atoms with Crippen molar-refractivity contribution in [3.8, 4) is 0 Å². The summed E-state index contributed by atoms with van der Waals surface area (Å²) in [5.74, 6) is -0.454. The number of ketones is 1. The summed E-state index contributed by atoms with van der Waals surface area (Å²) < 4.78 is 0. The fourth-order valence-electron chi connectivity index (χ4n) is 1.73. The number of rotatable bonds is 5. The van der Waals surface area contributed by atoms with Crippen molar-refractivity contribution in [2.45, 2.75) is 26.7 Å². The monoisotopic (exact) mass is 323 g/mol. The van der Waals surface area contributed by atoms with Gasteiger partial charge in [0.15, 0.2) is 10.9 Å². The molecule has 2 aromatic rings. The fraction of sp³-hybridized carbons (Fsp3) is 0.286. The van der Waals surface area contributed by atoms with Crippen LogP contribution < -0.4 is 5.32 Å². The lowest BCUT2D eigenvalue weighted by Gasteiger charge is -2.05. The molecule has 1 N–H and O–H groups in total. The second kappa shape index (κ2) is 6.78. The topological polar surface area (TPSA) is 72.0 Å². The molecule has 0 aliphatic carbocycles. The van der Waals surface area contributed by atoms with Gasteiger partial charge >= 0.3 is 0 Å². The Labute approximate surface area is 131 Å². The van der Waals surface area contributed by atoms with E-state index >= 15 is 0 Å². The van der Waals surface area contributed by atoms with Gasteiger partial charge in [-0.25, -0.2) is 9.97 Å². The van der Waals surface area contributed by atoms with Crippen molar-refractivity contribution in [2.24, 2.45) is 0 Å². The summed E-state index contributed by atoms with van der Waals surface area (Å²) >= 11 is 7.14. The molecule has 0 atom stereocenters. The molecule has 2 heterocycles. The molecule has 0 spiro atoms. The molecule has 21 heavy (non-hydrogen) atoms. The molecule has 7 heteroatoms. The molecule has 0 aliphatic rings. The van der Waals surface area contributed by atoms with E-state index in [1.54, 1.807) is 11.4 Å². The quantitative estimate of drug-likeness (QED) is 0.674. The van der Waals surface area contributed by atoms with Gasteiger partial charge in [0, 0.05) is 23.6 Å². The van der Waals surface area contributed by atoms with Gasteiger partial charge in [0.2, 0.25) is 0 Å². The third-order valence-corrected chi connectivity index (χ3v) is 3.65. The zero-order valence-corrected chi connectivity index (χ0v) is 13.2. The van der Waals surface area contributed by atoms with E-state index in [2.05, 4.69) is 15.3 Å². The second-order valence-electron chi connectivity index (χ2n) is 4.47. The van der Waals surface area contributed by atoms with Crippen molar-refractivity contribution in [3.05, 3.63) is 39.6 Å². The van der Waals surface area contributed by atoms with Gasteiger partial charge < -0.3 is 0 Å². The highest BCUT2D eigenvalue weighted by molar-refractivity contribution is 7.14. The van der Waals surface area contributed by atoms with Crippen LogP contribution in [0.1, 0.15) is 46.8 Å². The first kappa shape index (κ1) is 15.6. The van der Waals surface area contributed by atoms with Crippen molar-refractivity contribution >= 4 is 39.8 Å². The zero-order valence-electron chi connectivity index (χ0n) is 11.6. The number of thiazole rings is 1. The Morgan fingerprint density at radius 1 is 1.33 bits per heavy atom. The number of anilines is 1. The molecule has 0 unspecified atom stereocenters. The van der Waals surface area contributed by atoms with Gasteiger partial charge in [-0.2, -0.15) is 0 Å². The average molecular weight is 324 g/mol. The van der Waals surface area contributed by atoms with Gasteiger partial charge in [-0.1, -0.05) is 24.9 Å². The molecular formula is C14H14ClN3O2S. The molecule has 0 radical (unpaired) electrons. The molecule has 110 valence electrons. The normalized spacial score (nSPS) is 10.4. The summed E-state index contributed by atoms with van der Waals surface area (Å²) in [7, 11) is 0. The van der Waals surface area contributed by atoms with Crippen LogP contribution in [-0.4, -0.2) is 21.7 Å². The molecule has 1 amide bonds. The maximum atomic E-state index is 12.2. The van der Waals surface area contributed by atoms with E-state index in [-0.39, 0.29) is 16.8 Å². The van der Waals surface area contributed by atoms with Crippen LogP contribution in [-0.2, 0) is 6.42 Å². The van der Waals surface area contributed by atoms with E-state index in [4.69, 9.17) is 11.6 Å². The lowest BCUT2D eigenvalue weighted by Crippen LogP contribution is -2.13. The van der Waals surface area contributed by atoms with Crippen LogP contribution in [0.2, 0.25) is 5.15 Å². The van der Waals surface area contributed by atoms with E-state index in [9.17, 15) is 9.59 Å². The highest BCUT2D eigenvalue weighted by Crippen LogP contribution is 2.18. The minimum absolute atomic E-state index is 0.135. The van der Waals surface area contributed by atoms with Gasteiger partial charge in [0.1, 0.15) is 10.8 Å². The average Bonchev–Trinajstić information content (AvgIpc) is 2.87. The number of carbonyl (C=O) groups excluding carboxylic acids is 2. The van der Waals surface area contributed by atoms with Crippen molar-refractivity contribution in [1.29, 1.82) is 0 Å². The summed E-state index contributed by atoms with van der Waals surface area (Å²) in [5.41, 5.74) is 1.55. The number of Topliss-reactive ketones (excluding diaryl/α,β-unsaturated/α-hetero) is 1. The third-order valence-electron chi connectivity index (χ3n) is 2.70. The molecule has 0 aromatic carbocycles. The number of aromatic nitrogens is 2. The Bertz CT molecular complexity index is 685. The number of pyridine rings is 1. The minimum Gasteiger partial charge on any atom is -0.298 e.